The lowest BCUT2D eigenvalue weighted by Crippen LogP contribution is -2.28. The van der Waals surface area contributed by atoms with Gasteiger partial charge in [-0.15, -0.1) is 0 Å². The highest BCUT2D eigenvalue weighted by Gasteiger charge is 2.14. The third-order valence-electron chi connectivity index (χ3n) is 2.40. The fraction of sp³-hybridized carbons (Fsp3) is 0.231. The van der Waals surface area contributed by atoms with Crippen LogP contribution in [0.4, 0.5) is 0 Å². The largest absolute Gasteiger partial charge is 0.464 e. The van der Waals surface area contributed by atoms with E-state index in [4.69, 9.17) is 5.11 Å². The molecule has 0 heterocycles. The molecule has 20 heavy (non-hydrogen) atoms. The Labute approximate surface area is 117 Å². The van der Waals surface area contributed by atoms with Crippen molar-refractivity contribution in [2.24, 2.45) is 0 Å². The van der Waals surface area contributed by atoms with Crippen LogP contribution in [0.3, 0.4) is 0 Å². The second-order valence-corrected chi connectivity index (χ2v) is 5.63. The molecule has 1 rings (SSSR count). The normalized spacial score (nSPS) is 12.6. The summed E-state index contributed by atoms with van der Waals surface area (Å²) in [5.41, 5.74) is 0.297. The molecule has 1 amide bonds. The van der Waals surface area contributed by atoms with Crippen molar-refractivity contribution in [3.05, 3.63) is 47.7 Å². The smallest absolute Gasteiger partial charge is 0.354 e. The Morgan fingerprint density at radius 1 is 1.35 bits per heavy atom. The zero-order chi connectivity index (χ0) is 15.0. The number of methoxy groups -OCH3 is 1. The quantitative estimate of drug-likeness (QED) is 0.464. The Bertz CT molecular complexity index is 527. The maximum absolute atomic E-state index is 11.9. The minimum atomic E-state index is -2.19. The first kappa shape index (κ1) is 16.1. The van der Waals surface area contributed by atoms with Crippen LogP contribution in [-0.4, -0.2) is 36.6 Å². The minimum Gasteiger partial charge on any atom is -0.464 e. The third kappa shape index (κ3) is 4.99. The van der Waals surface area contributed by atoms with E-state index in [-0.39, 0.29) is 11.9 Å². The van der Waals surface area contributed by atoms with Crippen LogP contribution in [-0.2, 0) is 14.1 Å². The Morgan fingerprint density at radius 3 is 2.55 bits per heavy atom. The number of allylic oxidation sites excluding steroid dienone is 1. The molecule has 108 valence electrons. The molecule has 0 spiro atoms. The van der Waals surface area contributed by atoms with Crippen LogP contribution in [0.5, 0.6) is 0 Å². The number of carbonyl (C=O) groups excluding carboxylic acids is 2. The molecule has 1 atom stereocenters. The molecule has 0 bridgehead atoms. The van der Waals surface area contributed by atoms with E-state index in [1.807, 2.05) is 0 Å². The molecular weight excluding hydrogens is 281 g/mol. The summed E-state index contributed by atoms with van der Waals surface area (Å²) in [7, 11) is -1.01. The van der Waals surface area contributed by atoms with Gasteiger partial charge in [-0.2, -0.15) is 0 Å². The van der Waals surface area contributed by atoms with Gasteiger partial charge < -0.3 is 19.7 Å². The van der Waals surface area contributed by atoms with Gasteiger partial charge in [0.05, 0.1) is 13.5 Å². The molecule has 0 aliphatic heterocycles. The van der Waals surface area contributed by atoms with Gasteiger partial charge in [0.2, 0.25) is 0 Å². The van der Waals surface area contributed by atoms with Gasteiger partial charge in [-0.1, -0.05) is 18.2 Å². The highest BCUT2D eigenvalue weighted by Crippen LogP contribution is 2.18. The number of nitrogens with one attached hydrogen (secondary N) is 1. The molecule has 0 saturated heterocycles. The first-order valence-corrected chi connectivity index (χ1v) is 7.68. The van der Waals surface area contributed by atoms with Gasteiger partial charge in [0, 0.05) is 11.7 Å². The molecule has 7 heteroatoms. The molecule has 0 aliphatic rings. The predicted molar refractivity (Wildman–Crippen MR) is 75.0 cm³/mol. The van der Waals surface area contributed by atoms with E-state index < -0.39 is 26.0 Å². The molecule has 0 fully saturated rings. The zero-order valence-electron chi connectivity index (χ0n) is 11.0. The maximum Gasteiger partial charge on any atom is 0.354 e. The fourth-order valence-corrected chi connectivity index (χ4v) is 1.92. The van der Waals surface area contributed by atoms with Gasteiger partial charge in [0.1, 0.15) is 13.5 Å². The molecule has 1 aromatic carbocycles. The van der Waals surface area contributed by atoms with Crippen LogP contribution in [0.25, 0.3) is 0 Å². The van der Waals surface area contributed by atoms with E-state index in [0.717, 1.165) is 0 Å². The van der Waals surface area contributed by atoms with E-state index >= 15 is 0 Å². The lowest BCUT2D eigenvalue weighted by atomic mass is 10.2. The molecule has 2 N–H and O–H groups in total. The SMILES string of the molecule is COC(=O)/C(=C\C[PH](=O)CO)NC(=O)c1ccccc1. The summed E-state index contributed by atoms with van der Waals surface area (Å²) in [4.78, 5) is 23.4. The van der Waals surface area contributed by atoms with Crippen LogP contribution >= 0.6 is 7.80 Å². The second kappa shape index (κ2) is 8.30. The fourth-order valence-electron chi connectivity index (χ4n) is 1.36. The summed E-state index contributed by atoms with van der Waals surface area (Å²) in [6, 6.07) is 8.35. The van der Waals surface area contributed by atoms with Gasteiger partial charge in [-0.05, 0) is 18.2 Å². The lowest BCUT2D eigenvalue weighted by molar-refractivity contribution is -0.136. The third-order valence-corrected chi connectivity index (χ3v) is 3.41. The number of rotatable bonds is 6. The highest BCUT2D eigenvalue weighted by molar-refractivity contribution is 7.44. The number of hydrogen-bond donors (Lipinski definition) is 2. The van der Waals surface area contributed by atoms with Gasteiger partial charge in [0.15, 0.2) is 0 Å². The van der Waals surface area contributed by atoms with Crippen molar-refractivity contribution >= 4 is 19.7 Å². The monoisotopic (exact) mass is 297 g/mol. The number of ether oxygens (including phenoxy) is 1. The topological polar surface area (TPSA) is 92.7 Å². The van der Waals surface area contributed by atoms with E-state index in [0.29, 0.717) is 5.56 Å². The molecule has 0 radical (unpaired) electrons. The molecule has 0 saturated carbocycles. The number of hydrogen-bond acceptors (Lipinski definition) is 5. The number of aliphatic hydroxyl groups excluding tert-OH is 1. The van der Waals surface area contributed by atoms with Crippen LogP contribution in [0.15, 0.2) is 42.1 Å². The van der Waals surface area contributed by atoms with Crippen LogP contribution in [0, 0.1) is 0 Å². The van der Waals surface area contributed by atoms with Crippen LogP contribution in [0.2, 0.25) is 0 Å². The van der Waals surface area contributed by atoms with Crippen molar-refractivity contribution in [2.75, 3.05) is 19.6 Å². The molecule has 0 aliphatic carbocycles. The van der Waals surface area contributed by atoms with E-state index in [1.165, 1.54) is 13.2 Å². The molecular formula is C13H16NO5P. The Morgan fingerprint density at radius 2 is 2.00 bits per heavy atom. The molecule has 1 aromatic rings. The second-order valence-electron chi connectivity index (χ2n) is 3.83. The first-order valence-electron chi connectivity index (χ1n) is 5.86. The summed E-state index contributed by atoms with van der Waals surface area (Å²) in [6.07, 6.45) is 0.868. The number of amides is 1. The van der Waals surface area contributed by atoms with Crippen LogP contribution < -0.4 is 5.32 Å². The summed E-state index contributed by atoms with van der Waals surface area (Å²) >= 11 is 0. The summed E-state index contributed by atoms with van der Waals surface area (Å²) < 4.78 is 15.7. The Balaban J connectivity index is 2.82. The number of carbonyl (C=O) groups is 2. The van der Waals surface area contributed by atoms with Crippen LogP contribution in [0.1, 0.15) is 10.4 Å². The van der Waals surface area contributed by atoms with Gasteiger partial charge >= 0.3 is 5.97 Å². The van der Waals surface area contributed by atoms with Crippen molar-refractivity contribution < 1.29 is 24.0 Å². The Hall–Kier alpha value is -1.91. The van der Waals surface area contributed by atoms with Gasteiger partial charge in [-0.25, -0.2) is 4.79 Å². The van der Waals surface area contributed by atoms with E-state index in [2.05, 4.69) is 10.1 Å². The summed E-state index contributed by atoms with van der Waals surface area (Å²) in [5.74, 6) is -1.20. The number of aliphatic hydroxyl groups is 1. The van der Waals surface area contributed by atoms with Gasteiger partial charge in [-0.3, -0.25) is 4.79 Å². The van der Waals surface area contributed by atoms with Crippen molar-refractivity contribution in [3.63, 3.8) is 0 Å². The standard InChI is InChI=1S/C13H16NO5P/c1-19-13(17)11(7-8-20(18)9-15)14-12(16)10-5-3-2-4-6-10/h2-7,15,20H,8-9H2,1H3,(H,14,16)/b11-7+. The van der Waals surface area contributed by atoms with E-state index in [9.17, 15) is 14.2 Å². The van der Waals surface area contributed by atoms with Crippen molar-refractivity contribution in [1.82, 2.24) is 5.32 Å². The average molecular weight is 297 g/mol. The molecule has 6 nitrogen and oxygen atoms in total. The maximum atomic E-state index is 11.9. The molecule has 1 unspecified atom stereocenters. The predicted octanol–water partition coefficient (Wildman–Crippen LogP) is 0.983. The lowest BCUT2D eigenvalue weighted by Gasteiger charge is -2.08. The Kier molecular flexibility index (Phi) is 6.70. The summed E-state index contributed by atoms with van der Waals surface area (Å²) in [5, 5.41) is 11.1. The first-order chi connectivity index (χ1) is 9.58. The van der Waals surface area contributed by atoms with Crippen molar-refractivity contribution in [3.8, 4) is 0 Å². The minimum absolute atomic E-state index is 0.0146. The van der Waals surface area contributed by atoms with Gasteiger partial charge in [0.25, 0.3) is 5.91 Å². The number of esters is 1. The zero-order valence-corrected chi connectivity index (χ0v) is 12.0. The highest BCUT2D eigenvalue weighted by atomic mass is 31.1. The summed E-state index contributed by atoms with van der Waals surface area (Å²) in [6.45, 7) is 0. The van der Waals surface area contributed by atoms with E-state index in [1.54, 1.807) is 30.3 Å². The average Bonchev–Trinajstić information content (AvgIpc) is 2.50. The van der Waals surface area contributed by atoms with Crippen molar-refractivity contribution in [1.29, 1.82) is 0 Å². The molecule has 0 aromatic heterocycles. The van der Waals surface area contributed by atoms with Crippen molar-refractivity contribution in [2.45, 2.75) is 0 Å². The number of benzene rings is 1.